The van der Waals surface area contributed by atoms with E-state index in [-0.39, 0.29) is 17.1 Å². The number of allylic oxidation sites excluding steroid dienone is 3. The van der Waals surface area contributed by atoms with E-state index in [1.807, 2.05) is 5.94 Å². The molecule has 0 aliphatic heterocycles. The number of carbonyl (C=O) groups is 1. The summed E-state index contributed by atoms with van der Waals surface area (Å²) in [4.78, 5) is 30.4. The number of carbonyl (C=O) groups excluding carboxylic acids is 2. The fraction of sp³-hybridized carbons (Fsp3) is 0.375. The van der Waals surface area contributed by atoms with Gasteiger partial charge in [-0.25, -0.2) is 14.6 Å². The second-order valence-corrected chi connectivity index (χ2v) is 4.78. The van der Waals surface area contributed by atoms with E-state index in [0.717, 1.165) is 19.3 Å². The van der Waals surface area contributed by atoms with Gasteiger partial charge in [0.2, 0.25) is 0 Å². The lowest BCUT2D eigenvalue weighted by molar-refractivity contribution is -0.138. The number of imidazole rings is 1. The summed E-state index contributed by atoms with van der Waals surface area (Å²) in [6.45, 7) is 2.45. The van der Waals surface area contributed by atoms with E-state index in [9.17, 15) is 9.59 Å². The van der Waals surface area contributed by atoms with Gasteiger partial charge in [0.1, 0.15) is 11.8 Å². The molecule has 1 heterocycles. The predicted molar refractivity (Wildman–Crippen MR) is 78.2 cm³/mol. The number of nitrogens with zero attached hydrogens (tertiary/aromatic N) is 1. The molecule has 0 saturated carbocycles. The van der Waals surface area contributed by atoms with Crippen molar-refractivity contribution in [1.82, 2.24) is 9.97 Å². The summed E-state index contributed by atoms with van der Waals surface area (Å²) in [5.41, 5.74) is 0.512. The van der Waals surface area contributed by atoms with Crippen LogP contribution in [-0.4, -0.2) is 28.5 Å². The van der Waals surface area contributed by atoms with Crippen molar-refractivity contribution in [3.8, 4) is 0 Å². The second-order valence-electron chi connectivity index (χ2n) is 4.78. The lowest BCUT2D eigenvalue weighted by Crippen LogP contribution is -2.17. The fourth-order valence-corrected chi connectivity index (χ4v) is 2.18. The van der Waals surface area contributed by atoms with Gasteiger partial charge in [-0.05, 0) is 12.5 Å². The highest BCUT2D eigenvalue weighted by atomic mass is 16.5. The van der Waals surface area contributed by atoms with Crippen LogP contribution in [0.1, 0.15) is 37.9 Å². The standard InChI is InChI=1S/C16H18N2O3/c1-2-3-4-10-21-16(20)13-7-5-6-12(14(13)11-19)15-17-8-9-18-15/h5-9,12H,2-4,10H2,1H3,(H,17,18). The first-order valence-electron chi connectivity index (χ1n) is 7.08. The number of esters is 1. The molecule has 0 radical (unpaired) electrons. The summed E-state index contributed by atoms with van der Waals surface area (Å²) < 4.78 is 5.21. The molecule has 1 atom stereocenters. The molecule has 0 spiro atoms. The summed E-state index contributed by atoms with van der Waals surface area (Å²) in [5, 5.41) is 0. The molecule has 1 aliphatic rings. The van der Waals surface area contributed by atoms with Crippen LogP contribution in [-0.2, 0) is 14.3 Å². The number of H-pyrrole nitrogens is 1. The Morgan fingerprint density at radius 3 is 3.00 bits per heavy atom. The molecule has 1 N–H and O–H groups in total. The second kappa shape index (κ2) is 7.41. The predicted octanol–water partition coefficient (Wildman–Crippen LogP) is 2.48. The van der Waals surface area contributed by atoms with E-state index in [0.29, 0.717) is 12.4 Å². The Kier molecular flexibility index (Phi) is 5.29. The largest absolute Gasteiger partial charge is 0.462 e. The van der Waals surface area contributed by atoms with Crippen LogP contribution in [0.5, 0.6) is 0 Å². The first-order chi connectivity index (χ1) is 10.3. The first kappa shape index (κ1) is 15.0. The van der Waals surface area contributed by atoms with Crippen molar-refractivity contribution in [1.29, 1.82) is 0 Å². The van der Waals surface area contributed by atoms with Crippen LogP contribution < -0.4 is 0 Å². The normalized spacial score (nSPS) is 17.3. The van der Waals surface area contributed by atoms with Crippen molar-refractivity contribution in [2.75, 3.05) is 6.61 Å². The zero-order valence-electron chi connectivity index (χ0n) is 12.0. The van der Waals surface area contributed by atoms with Crippen molar-refractivity contribution in [3.63, 3.8) is 0 Å². The number of aromatic nitrogens is 2. The topological polar surface area (TPSA) is 72.0 Å². The Morgan fingerprint density at radius 1 is 1.48 bits per heavy atom. The highest BCUT2D eigenvalue weighted by molar-refractivity contribution is 5.98. The van der Waals surface area contributed by atoms with Crippen LogP contribution in [0.2, 0.25) is 0 Å². The van der Waals surface area contributed by atoms with Gasteiger partial charge in [-0.1, -0.05) is 31.9 Å². The molecule has 1 aromatic rings. The minimum absolute atomic E-state index is 0.255. The summed E-state index contributed by atoms with van der Waals surface area (Å²) in [7, 11) is 0. The van der Waals surface area contributed by atoms with Crippen molar-refractivity contribution in [2.24, 2.45) is 0 Å². The van der Waals surface area contributed by atoms with Crippen molar-refractivity contribution < 1.29 is 14.3 Å². The van der Waals surface area contributed by atoms with Crippen molar-refractivity contribution in [2.45, 2.75) is 32.1 Å². The quantitative estimate of drug-likeness (QED) is 0.495. The van der Waals surface area contributed by atoms with Gasteiger partial charge in [-0.2, -0.15) is 0 Å². The van der Waals surface area contributed by atoms with E-state index < -0.39 is 5.97 Å². The van der Waals surface area contributed by atoms with E-state index in [1.54, 1.807) is 30.6 Å². The first-order valence-corrected chi connectivity index (χ1v) is 7.08. The van der Waals surface area contributed by atoms with E-state index in [2.05, 4.69) is 16.9 Å². The monoisotopic (exact) mass is 286 g/mol. The van der Waals surface area contributed by atoms with Gasteiger partial charge >= 0.3 is 5.97 Å². The molecule has 0 bridgehead atoms. The molecule has 0 aromatic carbocycles. The summed E-state index contributed by atoms with van der Waals surface area (Å²) >= 11 is 0. The molecule has 21 heavy (non-hydrogen) atoms. The van der Waals surface area contributed by atoms with Gasteiger partial charge in [-0.15, -0.1) is 0 Å². The third-order valence-electron chi connectivity index (χ3n) is 3.29. The maximum atomic E-state index is 12.1. The molecule has 1 aliphatic carbocycles. The van der Waals surface area contributed by atoms with E-state index in [4.69, 9.17) is 4.74 Å². The zero-order valence-corrected chi connectivity index (χ0v) is 12.0. The number of hydrogen-bond acceptors (Lipinski definition) is 4. The molecular formula is C16H18N2O3. The van der Waals surface area contributed by atoms with Crippen LogP contribution in [0.3, 0.4) is 0 Å². The lowest BCUT2D eigenvalue weighted by Gasteiger charge is -2.17. The molecular weight excluding hydrogens is 268 g/mol. The smallest absolute Gasteiger partial charge is 0.339 e. The molecule has 5 nitrogen and oxygen atoms in total. The average molecular weight is 286 g/mol. The number of aromatic amines is 1. The number of unbranched alkanes of at least 4 members (excludes halogenated alkanes) is 2. The molecule has 0 saturated heterocycles. The van der Waals surface area contributed by atoms with Gasteiger partial charge in [-0.3, -0.25) is 0 Å². The number of nitrogens with one attached hydrogen (secondary N) is 1. The Bertz CT molecular complexity index is 593. The van der Waals surface area contributed by atoms with Gasteiger partial charge in [0.25, 0.3) is 0 Å². The van der Waals surface area contributed by atoms with Crippen LogP contribution in [0, 0.1) is 0 Å². The molecule has 110 valence electrons. The zero-order chi connectivity index (χ0) is 15.1. The van der Waals surface area contributed by atoms with Crippen LogP contribution >= 0.6 is 0 Å². The Morgan fingerprint density at radius 2 is 2.33 bits per heavy atom. The van der Waals surface area contributed by atoms with Crippen LogP contribution in [0.15, 0.2) is 41.8 Å². The maximum absolute atomic E-state index is 12.1. The minimum atomic E-state index is -0.481. The highest BCUT2D eigenvalue weighted by Gasteiger charge is 2.28. The fourth-order valence-electron chi connectivity index (χ4n) is 2.18. The molecule has 1 aromatic heterocycles. The summed E-state index contributed by atoms with van der Waals surface area (Å²) in [6, 6.07) is 0. The summed E-state index contributed by atoms with van der Waals surface area (Å²) in [6.07, 6.45) is 11.3. The lowest BCUT2D eigenvalue weighted by atomic mass is 9.88. The van der Waals surface area contributed by atoms with Crippen LogP contribution in [0.25, 0.3) is 0 Å². The van der Waals surface area contributed by atoms with Crippen molar-refractivity contribution in [3.05, 3.63) is 47.6 Å². The average Bonchev–Trinajstić information content (AvgIpc) is 3.04. The van der Waals surface area contributed by atoms with Gasteiger partial charge in [0, 0.05) is 12.4 Å². The third kappa shape index (κ3) is 3.58. The highest BCUT2D eigenvalue weighted by Crippen LogP contribution is 2.30. The Hall–Kier alpha value is -2.39. The minimum Gasteiger partial charge on any atom is -0.462 e. The molecule has 0 fully saturated rings. The van der Waals surface area contributed by atoms with Gasteiger partial charge < -0.3 is 9.72 Å². The number of ether oxygens (including phenoxy) is 1. The van der Waals surface area contributed by atoms with Gasteiger partial charge in [0.15, 0.2) is 0 Å². The Balaban J connectivity index is 2.09. The molecule has 0 amide bonds. The SMILES string of the molecule is CCCCCOC(=O)C1=CC=CC(c2ncc[nH]2)C1=C=O. The van der Waals surface area contributed by atoms with Crippen molar-refractivity contribution >= 4 is 11.9 Å². The van der Waals surface area contributed by atoms with Gasteiger partial charge in [0.05, 0.1) is 23.7 Å². The van der Waals surface area contributed by atoms with E-state index in [1.165, 1.54) is 0 Å². The molecule has 2 rings (SSSR count). The number of rotatable bonds is 6. The van der Waals surface area contributed by atoms with E-state index >= 15 is 0 Å². The van der Waals surface area contributed by atoms with Crippen LogP contribution in [0.4, 0.5) is 0 Å². The summed E-state index contributed by atoms with van der Waals surface area (Å²) in [5.74, 6) is 1.60. The third-order valence-corrected chi connectivity index (χ3v) is 3.29. The Labute approximate surface area is 123 Å². The molecule has 5 heteroatoms. The maximum Gasteiger partial charge on any atom is 0.339 e. The number of hydrogen-bond donors (Lipinski definition) is 1. The molecule has 1 unspecified atom stereocenters.